The molecule has 0 N–H and O–H groups in total. The maximum absolute atomic E-state index is 5.78. The van der Waals surface area contributed by atoms with Crippen molar-refractivity contribution < 1.29 is 4.74 Å². The first-order chi connectivity index (χ1) is 8.66. The van der Waals surface area contributed by atoms with E-state index >= 15 is 0 Å². The Kier molecular flexibility index (Phi) is 4.78. The average molecular weight is 251 g/mol. The van der Waals surface area contributed by atoms with Crippen molar-refractivity contribution in [3.63, 3.8) is 0 Å². The predicted molar refractivity (Wildman–Crippen MR) is 72.5 cm³/mol. The first-order valence-electron chi connectivity index (χ1n) is 6.97. The van der Waals surface area contributed by atoms with Crippen LogP contribution in [0.2, 0.25) is 0 Å². The molecule has 0 aliphatic carbocycles. The molecule has 102 valence electrons. The molecule has 0 spiro atoms. The van der Waals surface area contributed by atoms with Crippen LogP contribution in [0.5, 0.6) is 0 Å². The normalized spacial score (nSPS) is 20.8. The zero-order valence-corrected chi connectivity index (χ0v) is 11.8. The molecule has 0 aromatic carbocycles. The van der Waals surface area contributed by atoms with Crippen LogP contribution in [0.3, 0.4) is 0 Å². The molecule has 4 nitrogen and oxygen atoms in total. The lowest BCUT2D eigenvalue weighted by atomic mass is 10.1. The van der Waals surface area contributed by atoms with Gasteiger partial charge in [0.05, 0.1) is 18.1 Å². The molecule has 0 amide bonds. The SMILES string of the molecule is CC(C)n1cncc1CN(C)CC1CCCCO1. The molecule has 1 aromatic rings. The molecule has 2 rings (SSSR count). The smallest absolute Gasteiger partial charge is 0.0951 e. The van der Waals surface area contributed by atoms with Gasteiger partial charge in [0.2, 0.25) is 0 Å². The van der Waals surface area contributed by atoms with Crippen LogP contribution in [0, 0.1) is 0 Å². The Morgan fingerprint density at radius 3 is 3.00 bits per heavy atom. The molecule has 4 heteroatoms. The van der Waals surface area contributed by atoms with Gasteiger partial charge in [0.1, 0.15) is 0 Å². The van der Waals surface area contributed by atoms with Gasteiger partial charge < -0.3 is 9.30 Å². The summed E-state index contributed by atoms with van der Waals surface area (Å²) in [6.07, 6.45) is 8.04. The first-order valence-corrected chi connectivity index (χ1v) is 6.97. The van der Waals surface area contributed by atoms with E-state index in [2.05, 4.69) is 35.3 Å². The van der Waals surface area contributed by atoms with Gasteiger partial charge in [-0.05, 0) is 40.2 Å². The molecule has 1 fully saturated rings. The van der Waals surface area contributed by atoms with Crippen LogP contribution in [-0.4, -0.2) is 40.8 Å². The Balaban J connectivity index is 1.86. The highest BCUT2D eigenvalue weighted by atomic mass is 16.5. The quantitative estimate of drug-likeness (QED) is 0.805. The summed E-state index contributed by atoms with van der Waals surface area (Å²) in [5.41, 5.74) is 1.28. The minimum Gasteiger partial charge on any atom is -0.377 e. The van der Waals surface area contributed by atoms with Gasteiger partial charge in [0.25, 0.3) is 0 Å². The van der Waals surface area contributed by atoms with E-state index < -0.39 is 0 Å². The maximum atomic E-state index is 5.78. The van der Waals surface area contributed by atoms with E-state index in [0.717, 1.165) is 19.7 Å². The third-order valence-corrected chi connectivity index (χ3v) is 3.52. The monoisotopic (exact) mass is 251 g/mol. The van der Waals surface area contributed by atoms with Crippen molar-refractivity contribution >= 4 is 0 Å². The van der Waals surface area contributed by atoms with Crippen molar-refractivity contribution in [2.45, 2.75) is 51.8 Å². The summed E-state index contributed by atoms with van der Waals surface area (Å²) < 4.78 is 8.02. The number of aromatic nitrogens is 2. The largest absolute Gasteiger partial charge is 0.377 e. The Hall–Kier alpha value is -0.870. The van der Waals surface area contributed by atoms with Gasteiger partial charge in [0.15, 0.2) is 0 Å². The van der Waals surface area contributed by atoms with E-state index in [1.807, 2.05) is 12.5 Å². The molecular weight excluding hydrogens is 226 g/mol. The highest BCUT2D eigenvalue weighted by Crippen LogP contribution is 2.15. The lowest BCUT2D eigenvalue weighted by Gasteiger charge is -2.27. The Morgan fingerprint density at radius 2 is 2.33 bits per heavy atom. The van der Waals surface area contributed by atoms with Crippen LogP contribution in [-0.2, 0) is 11.3 Å². The summed E-state index contributed by atoms with van der Waals surface area (Å²) in [6.45, 7) is 7.27. The number of nitrogens with zero attached hydrogens (tertiary/aromatic N) is 3. The molecule has 1 aromatic heterocycles. The van der Waals surface area contributed by atoms with E-state index in [0.29, 0.717) is 12.1 Å². The summed E-state index contributed by atoms with van der Waals surface area (Å²) in [5, 5.41) is 0. The molecule has 18 heavy (non-hydrogen) atoms. The van der Waals surface area contributed by atoms with E-state index in [1.165, 1.54) is 25.0 Å². The van der Waals surface area contributed by atoms with Crippen LogP contribution in [0.4, 0.5) is 0 Å². The molecule has 1 atom stereocenters. The van der Waals surface area contributed by atoms with Crippen molar-refractivity contribution in [2.24, 2.45) is 0 Å². The molecule has 2 heterocycles. The van der Waals surface area contributed by atoms with Crippen molar-refractivity contribution in [1.82, 2.24) is 14.5 Å². The fourth-order valence-electron chi connectivity index (χ4n) is 2.56. The van der Waals surface area contributed by atoms with E-state index in [-0.39, 0.29) is 0 Å². The van der Waals surface area contributed by atoms with Gasteiger partial charge in [-0.15, -0.1) is 0 Å². The van der Waals surface area contributed by atoms with Crippen LogP contribution >= 0.6 is 0 Å². The molecular formula is C14H25N3O. The second-order valence-corrected chi connectivity index (χ2v) is 5.57. The minimum atomic E-state index is 0.416. The fraction of sp³-hybridized carbons (Fsp3) is 0.786. The van der Waals surface area contributed by atoms with E-state index in [1.54, 1.807) is 0 Å². The van der Waals surface area contributed by atoms with Gasteiger partial charge in [-0.3, -0.25) is 4.90 Å². The molecule has 1 aliphatic heterocycles. The Labute approximate surface area is 110 Å². The van der Waals surface area contributed by atoms with Gasteiger partial charge in [-0.2, -0.15) is 0 Å². The lowest BCUT2D eigenvalue weighted by Crippen LogP contribution is -2.33. The Bertz CT molecular complexity index is 356. The summed E-state index contributed by atoms with van der Waals surface area (Å²) in [6, 6.07) is 0.474. The van der Waals surface area contributed by atoms with Crippen molar-refractivity contribution in [3.05, 3.63) is 18.2 Å². The summed E-state index contributed by atoms with van der Waals surface area (Å²) in [5.74, 6) is 0. The van der Waals surface area contributed by atoms with Gasteiger partial charge in [0, 0.05) is 31.9 Å². The molecule has 0 saturated carbocycles. The standard InChI is InChI=1S/C14H25N3O/c1-12(2)17-11-15-8-13(17)9-16(3)10-14-6-4-5-7-18-14/h8,11-12,14H,4-7,9-10H2,1-3H3. The van der Waals surface area contributed by atoms with Gasteiger partial charge in [-0.1, -0.05) is 0 Å². The molecule has 0 radical (unpaired) electrons. The molecule has 1 saturated heterocycles. The average Bonchev–Trinajstić information content (AvgIpc) is 2.78. The van der Waals surface area contributed by atoms with Crippen molar-refractivity contribution in [2.75, 3.05) is 20.2 Å². The van der Waals surface area contributed by atoms with Crippen LogP contribution in [0.25, 0.3) is 0 Å². The van der Waals surface area contributed by atoms with Crippen molar-refractivity contribution in [3.8, 4) is 0 Å². The highest BCUT2D eigenvalue weighted by molar-refractivity contribution is 4.99. The highest BCUT2D eigenvalue weighted by Gasteiger charge is 2.17. The van der Waals surface area contributed by atoms with Crippen LogP contribution in [0.1, 0.15) is 44.8 Å². The number of ether oxygens (including phenoxy) is 1. The minimum absolute atomic E-state index is 0.416. The molecule has 0 bridgehead atoms. The Morgan fingerprint density at radius 1 is 1.50 bits per heavy atom. The second-order valence-electron chi connectivity index (χ2n) is 5.57. The second kappa shape index (κ2) is 6.34. The predicted octanol–water partition coefficient (Wildman–Crippen LogP) is 2.46. The zero-order chi connectivity index (χ0) is 13.0. The summed E-state index contributed by atoms with van der Waals surface area (Å²) in [4.78, 5) is 6.59. The third kappa shape index (κ3) is 3.56. The molecule has 1 unspecified atom stereocenters. The van der Waals surface area contributed by atoms with E-state index in [9.17, 15) is 0 Å². The lowest BCUT2D eigenvalue weighted by molar-refractivity contribution is -0.00290. The third-order valence-electron chi connectivity index (χ3n) is 3.52. The summed E-state index contributed by atoms with van der Waals surface area (Å²) in [7, 11) is 2.16. The number of rotatable bonds is 5. The van der Waals surface area contributed by atoms with Gasteiger partial charge in [-0.25, -0.2) is 4.98 Å². The topological polar surface area (TPSA) is 30.3 Å². The van der Waals surface area contributed by atoms with Gasteiger partial charge >= 0.3 is 0 Å². The zero-order valence-electron chi connectivity index (χ0n) is 11.8. The fourth-order valence-corrected chi connectivity index (χ4v) is 2.56. The maximum Gasteiger partial charge on any atom is 0.0951 e. The summed E-state index contributed by atoms with van der Waals surface area (Å²) >= 11 is 0. The number of likely N-dealkylation sites (N-methyl/N-ethyl adjacent to an activating group) is 1. The number of imidazole rings is 1. The van der Waals surface area contributed by atoms with Crippen LogP contribution in [0.15, 0.2) is 12.5 Å². The molecule has 1 aliphatic rings. The number of hydrogen-bond acceptors (Lipinski definition) is 3. The van der Waals surface area contributed by atoms with E-state index in [4.69, 9.17) is 4.74 Å². The van der Waals surface area contributed by atoms with Crippen LogP contribution < -0.4 is 0 Å². The van der Waals surface area contributed by atoms with Crippen molar-refractivity contribution in [1.29, 1.82) is 0 Å². The first kappa shape index (κ1) is 13.6. The number of hydrogen-bond donors (Lipinski definition) is 0.